The van der Waals surface area contributed by atoms with E-state index in [-0.39, 0.29) is 18.1 Å². The van der Waals surface area contributed by atoms with Crippen LogP contribution in [0.5, 0.6) is 0 Å². The standard InChI is InChI=1S/C13H27N3O2/c1-4-7-16(5-2)8-6-15-12(17)9-18-13(3)10-14-11-13/h14H,4-11H2,1-3H3,(H,15,17). The van der Waals surface area contributed by atoms with Crippen molar-refractivity contribution in [3.63, 3.8) is 0 Å². The minimum atomic E-state index is -0.144. The van der Waals surface area contributed by atoms with Gasteiger partial charge in [-0.3, -0.25) is 4.79 Å². The van der Waals surface area contributed by atoms with Crippen molar-refractivity contribution in [1.82, 2.24) is 15.5 Å². The average molecular weight is 257 g/mol. The highest BCUT2D eigenvalue weighted by Gasteiger charge is 2.32. The van der Waals surface area contributed by atoms with Gasteiger partial charge in [0.15, 0.2) is 0 Å². The van der Waals surface area contributed by atoms with Crippen molar-refractivity contribution in [2.45, 2.75) is 32.8 Å². The van der Waals surface area contributed by atoms with E-state index in [1.165, 1.54) is 0 Å². The van der Waals surface area contributed by atoms with Gasteiger partial charge in [-0.2, -0.15) is 0 Å². The summed E-state index contributed by atoms with van der Waals surface area (Å²) >= 11 is 0. The molecule has 0 aromatic rings. The van der Waals surface area contributed by atoms with Crippen LogP contribution in [0.4, 0.5) is 0 Å². The van der Waals surface area contributed by atoms with E-state index in [4.69, 9.17) is 4.74 Å². The molecule has 0 aliphatic carbocycles. The van der Waals surface area contributed by atoms with Gasteiger partial charge in [-0.1, -0.05) is 13.8 Å². The Bertz CT molecular complexity index is 255. The molecule has 1 rings (SSSR count). The highest BCUT2D eigenvalue weighted by Crippen LogP contribution is 2.14. The van der Waals surface area contributed by atoms with Gasteiger partial charge in [0, 0.05) is 26.2 Å². The van der Waals surface area contributed by atoms with Crippen molar-refractivity contribution in [2.75, 3.05) is 45.9 Å². The summed E-state index contributed by atoms with van der Waals surface area (Å²) in [5.74, 6) is -0.0179. The Morgan fingerprint density at radius 1 is 1.39 bits per heavy atom. The van der Waals surface area contributed by atoms with Gasteiger partial charge < -0.3 is 20.3 Å². The molecule has 0 aromatic heterocycles. The molecule has 1 heterocycles. The van der Waals surface area contributed by atoms with Crippen LogP contribution < -0.4 is 10.6 Å². The molecule has 1 saturated heterocycles. The predicted octanol–water partition coefficient (Wildman–Crippen LogP) is 0.213. The molecule has 1 fully saturated rings. The third-order valence-electron chi connectivity index (χ3n) is 3.29. The smallest absolute Gasteiger partial charge is 0.246 e. The van der Waals surface area contributed by atoms with Crippen LogP contribution in [0.2, 0.25) is 0 Å². The van der Waals surface area contributed by atoms with Crippen LogP contribution in [0.3, 0.4) is 0 Å². The van der Waals surface area contributed by atoms with E-state index in [9.17, 15) is 4.79 Å². The largest absolute Gasteiger partial charge is 0.363 e. The quantitative estimate of drug-likeness (QED) is 0.620. The molecule has 0 saturated carbocycles. The third kappa shape index (κ3) is 5.33. The fourth-order valence-electron chi connectivity index (χ4n) is 1.97. The highest BCUT2D eigenvalue weighted by molar-refractivity contribution is 5.77. The van der Waals surface area contributed by atoms with Crippen molar-refractivity contribution in [3.05, 3.63) is 0 Å². The second-order valence-electron chi connectivity index (χ2n) is 5.13. The van der Waals surface area contributed by atoms with Gasteiger partial charge in [0.05, 0.1) is 5.60 Å². The molecule has 0 radical (unpaired) electrons. The molecule has 1 aliphatic heterocycles. The SMILES string of the molecule is CCCN(CC)CCNC(=O)COC1(C)CNC1. The Morgan fingerprint density at radius 3 is 2.61 bits per heavy atom. The van der Waals surface area contributed by atoms with E-state index in [1.807, 2.05) is 6.92 Å². The first-order chi connectivity index (χ1) is 8.59. The Kier molecular flexibility index (Phi) is 6.60. The fourth-order valence-corrected chi connectivity index (χ4v) is 1.97. The van der Waals surface area contributed by atoms with Gasteiger partial charge in [-0.25, -0.2) is 0 Å². The van der Waals surface area contributed by atoms with E-state index in [1.54, 1.807) is 0 Å². The summed E-state index contributed by atoms with van der Waals surface area (Å²) in [6.45, 7) is 11.9. The summed E-state index contributed by atoms with van der Waals surface area (Å²) in [7, 11) is 0. The lowest BCUT2D eigenvalue weighted by molar-refractivity contribution is -0.135. The number of amides is 1. The molecule has 0 bridgehead atoms. The monoisotopic (exact) mass is 257 g/mol. The molecular weight excluding hydrogens is 230 g/mol. The van der Waals surface area contributed by atoms with Crippen molar-refractivity contribution in [1.29, 1.82) is 0 Å². The van der Waals surface area contributed by atoms with E-state index >= 15 is 0 Å². The van der Waals surface area contributed by atoms with Crippen molar-refractivity contribution >= 4 is 5.91 Å². The Labute approximate surface area is 110 Å². The summed E-state index contributed by atoms with van der Waals surface area (Å²) in [6, 6.07) is 0. The second-order valence-corrected chi connectivity index (χ2v) is 5.13. The topological polar surface area (TPSA) is 53.6 Å². The fraction of sp³-hybridized carbons (Fsp3) is 0.923. The maximum absolute atomic E-state index is 11.6. The Morgan fingerprint density at radius 2 is 2.11 bits per heavy atom. The maximum atomic E-state index is 11.6. The lowest BCUT2D eigenvalue weighted by Gasteiger charge is -2.38. The van der Waals surface area contributed by atoms with Crippen molar-refractivity contribution in [3.8, 4) is 0 Å². The zero-order valence-corrected chi connectivity index (χ0v) is 11.9. The first kappa shape index (κ1) is 15.4. The minimum absolute atomic E-state index is 0.0179. The highest BCUT2D eigenvalue weighted by atomic mass is 16.5. The van der Waals surface area contributed by atoms with Crippen LogP contribution in [0, 0.1) is 0 Å². The van der Waals surface area contributed by atoms with Crippen LogP contribution in [0.25, 0.3) is 0 Å². The minimum Gasteiger partial charge on any atom is -0.363 e. The summed E-state index contributed by atoms with van der Waals surface area (Å²) < 4.78 is 5.57. The summed E-state index contributed by atoms with van der Waals surface area (Å²) in [5, 5.41) is 6.04. The molecule has 0 spiro atoms. The van der Waals surface area contributed by atoms with E-state index < -0.39 is 0 Å². The normalized spacial score (nSPS) is 17.6. The molecule has 1 aliphatic rings. The molecule has 1 amide bonds. The Hall–Kier alpha value is -0.650. The number of rotatable bonds is 9. The number of carbonyl (C=O) groups excluding carboxylic acids is 1. The van der Waals surface area contributed by atoms with Crippen molar-refractivity contribution < 1.29 is 9.53 Å². The van der Waals surface area contributed by atoms with Crippen LogP contribution in [0.1, 0.15) is 27.2 Å². The van der Waals surface area contributed by atoms with E-state index in [0.717, 1.165) is 39.1 Å². The van der Waals surface area contributed by atoms with Crippen LogP contribution >= 0.6 is 0 Å². The van der Waals surface area contributed by atoms with Gasteiger partial charge in [-0.05, 0) is 26.4 Å². The number of nitrogens with zero attached hydrogens (tertiary/aromatic N) is 1. The number of hydrogen-bond acceptors (Lipinski definition) is 4. The number of carbonyl (C=O) groups is 1. The van der Waals surface area contributed by atoms with Gasteiger partial charge in [-0.15, -0.1) is 0 Å². The number of likely N-dealkylation sites (N-methyl/N-ethyl adjacent to an activating group) is 1. The van der Waals surface area contributed by atoms with E-state index in [2.05, 4.69) is 29.4 Å². The van der Waals surface area contributed by atoms with Gasteiger partial charge in [0.25, 0.3) is 0 Å². The molecule has 2 N–H and O–H groups in total. The van der Waals surface area contributed by atoms with Crippen LogP contribution in [0.15, 0.2) is 0 Å². The van der Waals surface area contributed by atoms with E-state index in [0.29, 0.717) is 6.54 Å². The molecule has 0 unspecified atom stereocenters. The first-order valence-electron chi connectivity index (χ1n) is 6.93. The summed E-state index contributed by atoms with van der Waals surface area (Å²) in [4.78, 5) is 13.9. The Balaban J connectivity index is 2.05. The summed E-state index contributed by atoms with van der Waals surface area (Å²) in [5.41, 5.74) is -0.144. The average Bonchev–Trinajstić information content (AvgIpc) is 2.33. The van der Waals surface area contributed by atoms with Gasteiger partial charge in [0.1, 0.15) is 6.61 Å². The summed E-state index contributed by atoms with van der Waals surface area (Å²) in [6.07, 6.45) is 1.15. The number of hydrogen-bond donors (Lipinski definition) is 2. The molecule has 5 heteroatoms. The van der Waals surface area contributed by atoms with Crippen LogP contribution in [-0.2, 0) is 9.53 Å². The molecule has 18 heavy (non-hydrogen) atoms. The third-order valence-corrected chi connectivity index (χ3v) is 3.29. The molecule has 5 nitrogen and oxygen atoms in total. The molecule has 0 aromatic carbocycles. The maximum Gasteiger partial charge on any atom is 0.246 e. The van der Waals surface area contributed by atoms with Crippen LogP contribution in [-0.4, -0.2) is 62.3 Å². The zero-order chi connectivity index (χ0) is 13.4. The molecular formula is C13H27N3O2. The van der Waals surface area contributed by atoms with Gasteiger partial charge >= 0.3 is 0 Å². The predicted molar refractivity (Wildman–Crippen MR) is 72.6 cm³/mol. The molecule has 106 valence electrons. The lowest BCUT2D eigenvalue weighted by Crippen LogP contribution is -2.59. The number of nitrogens with one attached hydrogen (secondary N) is 2. The molecule has 0 atom stereocenters. The first-order valence-corrected chi connectivity index (χ1v) is 6.93. The zero-order valence-electron chi connectivity index (χ0n) is 11.9. The van der Waals surface area contributed by atoms with Gasteiger partial charge in [0.2, 0.25) is 5.91 Å². The van der Waals surface area contributed by atoms with Crippen molar-refractivity contribution in [2.24, 2.45) is 0 Å². The number of ether oxygens (including phenoxy) is 1. The lowest BCUT2D eigenvalue weighted by atomic mass is 10.0. The second kappa shape index (κ2) is 7.71.